The van der Waals surface area contributed by atoms with Crippen molar-refractivity contribution in [1.82, 2.24) is 14.1 Å². The maximum absolute atomic E-state index is 12.8. The fourth-order valence-corrected chi connectivity index (χ4v) is 4.70. The van der Waals surface area contributed by atoms with Gasteiger partial charge in [-0.05, 0) is 58.7 Å². The molecule has 35 heavy (non-hydrogen) atoms. The van der Waals surface area contributed by atoms with Crippen molar-refractivity contribution in [1.29, 1.82) is 0 Å². The number of hydrogen-bond donors (Lipinski definition) is 1. The normalized spacial score (nSPS) is 13.1. The first-order chi connectivity index (χ1) is 16.8. The predicted molar refractivity (Wildman–Crippen MR) is 138 cm³/mol. The lowest BCUT2D eigenvalue weighted by Crippen LogP contribution is -2.31. The number of nitrogens with zero attached hydrogens (tertiary/aromatic N) is 3. The Bertz CT molecular complexity index is 1600. The molecule has 1 atom stereocenters. The average Bonchev–Trinajstić information content (AvgIpc) is 3.32. The molecule has 0 aliphatic carbocycles. The second-order valence-electron chi connectivity index (χ2n) is 8.53. The summed E-state index contributed by atoms with van der Waals surface area (Å²) in [6.07, 6.45) is 3.31. The fourth-order valence-electron chi connectivity index (χ4n) is 4.57. The van der Waals surface area contributed by atoms with Crippen molar-refractivity contribution in [3.05, 3.63) is 118 Å². The molecule has 5 rings (SSSR count). The van der Waals surface area contributed by atoms with Crippen molar-refractivity contribution in [3.63, 3.8) is 0 Å². The van der Waals surface area contributed by atoms with E-state index in [1.807, 2.05) is 61.6 Å². The number of halogens is 1. The first-order valence-electron chi connectivity index (χ1n) is 11.1. The van der Waals surface area contributed by atoms with Crippen LogP contribution in [0.4, 0.5) is 0 Å². The van der Waals surface area contributed by atoms with Gasteiger partial charge in [-0.25, -0.2) is 4.98 Å². The molecule has 0 spiro atoms. The number of rotatable bonds is 5. The zero-order valence-corrected chi connectivity index (χ0v) is 20.3. The highest BCUT2D eigenvalue weighted by Gasteiger charge is 2.37. The Balaban J connectivity index is 1.83. The minimum atomic E-state index is -1.51. The molecule has 2 aromatic heterocycles. The summed E-state index contributed by atoms with van der Waals surface area (Å²) < 4.78 is 8.81. The topological polar surface area (TPSA) is 69.3 Å². The number of benzene rings is 3. The van der Waals surface area contributed by atoms with Crippen molar-refractivity contribution in [2.45, 2.75) is 5.60 Å². The number of ether oxygens (including phenoxy) is 1. The quantitative estimate of drug-likeness (QED) is 0.385. The van der Waals surface area contributed by atoms with Gasteiger partial charge >= 0.3 is 0 Å². The zero-order valence-electron chi connectivity index (χ0n) is 19.6. The number of methoxy groups -OCH3 is 1. The Kier molecular flexibility index (Phi) is 5.71. The lowest BCUT2D eigenvalue weighted by molar-refractivity contribution is 0.117. The minimum Gasteiger partial charge on any atom is -0.497 e. The number of fused-ring (bicyclic) bond motifs is 1. The van der Waals surface area contributed by atoms with Crippen LogP contribution < -0.4 is 10.3 Å². The van der Waals surface area contributed by atoms with Gasteiger partial charge in [-0.1, -0.05) is 41.9 Å². The summed E-state index contributed by atoms with van der Waals surface area (Å²) in [7, 11) is 5.20. The van der Waals surface area contributed by atoms with E-state index in [1.54, 1.807) is 54.0 Å². The van der Waals surface area contributed by atoms with E-state index in [0.717, 1.165) is 22.0 Å². The van der Waals surface area contributed by atoms with Crippen LogP contribution in [-0.4, -0.2) is 26.3 Å². The third-order valence-electron chi connectivity index (χ3n) is 6.49. The molecule has 6 nitrogen and oxygen atoms in total. The molecule has 0 saturated carbocycles. The third-order valence-corrected chi connectivity index (χ3v) is 6.75. The monoisotopic (exact) mass is 485 g/mol. The molecule has 1 unspecified atom stereocenters. The van der Waals surface area contributed by atoms with Gasteiger partial charge in [0.25, 0.3) is 5.56 Å². The van der Waals surface area contributed by atoms with Crippen LogP contribution in [0, 0.1) is 0 Å². The lowest BCUT2D eigenvalue weighted by atomic mass is 9.82. The highest BCUT2D eigenvalue weighted by Crippen LogP contribution is 2.39. The first-order valence-corrected chi connectivity index (χ1v) is 11.4. The number of aliphatic hydroxyl groups is 1. The van der Waals surface area contributed by atoms with Gasteiger partial charge in [0.2, 0.25) is 0 Å². The molecule has 0 radical (unpaired) electrons. The Labute approximate surface area is 207 Å². The van der Waals surface area contributed by atoms with Crippen LogP contribution in [0.2, 0.25) is 5.02 Å². The van der Waals surface area contributed by atoms with E-state index in [1.165, 1.54) is 0 Å². The van der Waals surface area contributed by atoms with Crippen LogP contribution >= 0.6 is 11.6 Å². The van der Waals surface area contributed by atoms with Gasteiger partial charge in [0.1, 0.15) is 5.75 Å². The van der Waals surface area contributed by atoms with Gasteiger partial charge in [0.15, 0.2) is 5.60 Å². The molecule has 1 N–H and O–H groups in total. The smallest absolute Gasteiger partial charge is 0.251 e. The van der Waals surface area contributed by atoms with Crippen LogP contribution in [0.15, 0.2) is 90.1 Å². The first kappa shape index (κ1) is 22.9. The highest BCUT2D eigenvalue weighted by atomic mass is 35.5. The molecule has 0 amide bonds. The summed E-state index contributed by atoms with van der Waals surface area (Å²) in [6.45, 7) is 0. The van der Waals surface area contributed by atoms with Crippen LogP contribution in [0.3, 0.4) is 0 Å². The molecule has 3 aromatic carbocycles. The molecule has 0 aliphatic heterocycles. The van der Waals surface area contributed by atoms with E-state index in [4.69, 9.17) is 16.3 Å². The van der Waals surface area contributed by atoms with Gasteiger partial charge in [-0.3, -0.25) is 4.79 Å². The predicted octanol–water partition coefficient (Wildman–Crippen LogP) is 4.89. The van der Waals surface area contributed by atoms with Gasteiger partial charge in [-0.15, -0.1) is 0 Å². The molecule has 2 heterocycles. The van der Waals surface area contributed by atoms with Crippen LogP contribution in [0.5, 0.6) is 5.75 Å². The summed E-state index contributed by atoms with van der Waals surface area (Å²) in [6, 6.07) is 22.0. The summed E-state index contributed by atoms with van der Waals surface area (Å²) in [4.78, 5) is 17.1. The lowest BCUT2D eigenvalue weighted by Gasteiger charge is -2.30. The standard InChI is InChI=1S/C28H24ClN3O3/c1-31-17-30-16-26(31)28(34,19-7-10-21(29)11-8-19)20-9-12-25-24(14-20)23(15-27(33)32(25)2)18-5-4-6-22(13-18)35-3/h4-17,34H,1-3H3. The Morgan fingerprint density at radius 2 is 1.71 bits per heavy atom. The van der Waals surface area contributed by atoms with Crippen LogP contribution in [0.1, 0.15) is 16.8 Å². The van der Waals surface area contributed by atoms with E-state index in [2.05, 4.69) is 4.98 Å². The fraction of sp³-hybridized carbons (Fsp3) is 0.143. The van der Waals surface area contributed by atoms with E-state index >= 15 is 0 Å². The van der Waals surface area contributed by atoms with Crippen molar-refractivity contribution in [3.8, 4) is 16.9 Å². The van der Waals surface area contributed by atoms with E-state index in [-0.39, 0.29) is 5.56 Å². The third kappa shape index (κ3) is 3.81. The maximum Gasteiger partial charge on any atom is 0.251 e. The number of aromatic nitrogens is 3. The number of pyridine rings is 1. The summed E-state index contributed by atoms with van der Waals surface area (Å²) >= 11 is 6.15. The molecule has 0 fully saturated rings. The Morgan fingerprint density at radius 3 is 2.40 bits per heavy atom. The van der Waals surface area contributed by atoms with Gasteiger partial charge in [-0.2, -0.15) is 0 Å². The van der Waals surface area contributed by atoms with E-state index < -0.39 is 5.60 Å². The van der Waals surface area contributed by atoms with Gasteiger partial charge in [0, 0.05) is 30.6 Å². The van der Waals surface area contributed by atoms with Crippen molar-refractivity contribution in [2.75, 3.05) is 7.11 Å². The van der Waals surface area contributed by atoms with Crippen LogP contribution in [0.25, 0.3) is 22.0 Å². The molecule has 176 valence electrons. The maximum atomic E-state index is 12.8. The largest absolute Gasteiger partial charge is 0.497 e. The molecular weight excluding hydrogens is 462 g/mol. The number of imidazole rings is 1. The minimum absolute atomic E-state index is 0.123. The second-order valence-corrected chi connectivity index (χ2v) is 8.96. The van der Waals surface area contributed by atoms with E-state index in [0.29, 0.717) is 27.6 Å². The highest BCUT2D eigenvalue weighted by molar-refractivity contribution is 6.30. The summed E-state index contributed by atoms with van der Waals surface area (Å²) in [5, 5.41) is 13.7. The number of aryl methyl sites for hydroxylation is 2. The Morgan fingerprint density at radius 1 is 0.971 bits per heavy atom. The van der Waals surface area contributed by atoms with E-state index in [9.17, 15) is 9.90 Å². The van der Waals surface area contributed by atoms with Crippen LogP contribution in [-0.2, 0) is 19.7 Å². The summed E-state index contributed by atoms with van der Waals surface area (Å²) in [5.41, 5.74) is 2.62. The molecule has 7 heteroatoms. The molecule has 0 saturated heterocycles. The van der Waals surface area contributed by atoms with Crippen molar-refractivity contribution in [2.24, 2.45) is 14.1 Å². The zero-order chi connectivity index (χ0) is 24.7. The second kappa shape index (κ2) is 8.73. The Hall–Kier alpha value is -3.87. The molecule has 5 aromatic rings. The molecule has 0 bridgehead atoms. The van der Waals surface area contributed by atoms with Crippen molar-refractivity contribution < 1.29 is 9.84 Å². The van der Waals surface area contributed by atoms with Crippen molar-refractivity contribution >= 4 is 22.5 Å². The molecule has 0 aliphatic rings. The van der Waals surface area contributed by atoms with Gasteiger partial charge < -0.3 is 19.0 Å². The number of hydrogen-bond acceptors (Lipinski definition) is 4. The SMILES string of the molecule is COc1cccc(-c2cc(=O)n(C)c3ccc(C(O)(c4ccc(Cl)cc4)c4cncn4C)cc23)c1. The summed E-state index contributed by atoms with van der Waals surface area (Å²) in [5.74, 6) is 0.694. The average molecular weight is 486 g/mol. The molecular formula is C28H24ClN3O3. The van der Waals surface area contributed by atoms with Gasteiger partial charge in [0.05, 0.1) is 30.8 Å².